The predicted octanol–water partition coefficient (Wildman–Crippen LogP) is 3.65. The van der Waals surface area contributed by atoms with Gasteiger partial charge in [0, 0.05) is 11.3 Å². The average molecular weight is 521 g/mol. The third-order valence-electron chi connectivity index (χ3n) is 11.4. The smallest absolute Gasteiger partial charge is 0.164 e. The lowest BCUT2D eigenvalue weighted by Crippen LogP contribution is -2.62. The Balaban J connectivity index is 1.51. The van der Waals surface area contributed by atoms with Crippen LogP contribution in [0.3, 0.4) is 0 Å². The summed E-state index contributed by atoms with van der Waals surface area (Å²) in [6.45, 7) is 13.8. The molecule has 3 saturated carbocycles. The maximum atomic E-state index is 13.4. The molecule has 37 heavy (non-hydrogen) atoms. The van der Waals surface area contributed by atoms with Crippen LogP contribution >= 0.6 is 0 Å². The highest BCUT2D eigenvalue weighted by Gasteiger charge is 2.71. The Bertz CT molecular complexity index is 983. The molecule has 0 unspecified atom stereocenters. The normalized spacial score (nSPS) is 51.3. The van der Waals surface area contributed by atoms with Crippen LogP contribution in [-0.2, 0) is 14.3 Å². The van der Waals surface area contributed by atoms with Gasteiger partial charge in [-0.3, -0.25) is 4.79 Å². The van der Waals surface area contributed by atoms with Crippen LogP contribution < -0.4 is 0 Å². The Morgan fingerprint density at radius 3 is 2.35 bits per heavy atom. The second-order valence-corrected chi connectivity index (χ2v) is 14.7. The van der Waals surface area contributed by atoms with Gasteiger partial charge in [-0.05, 0) is 115 Å². The van der Waals surface area contributed by atoms with Gasteiger partial charge in [-0.25, -0.2) is 0 Å². The first-order chi connectivity index (χ1) is 16.9. The summed E-state index contributed by atoms with van der Waals surface area (Å²) >= 11 is 0. The molecule has 7 nitrogen and oxygen atoms in total. The molecule has 1 saturated heterocycles. The van der Waals surface area contributed by atoms with E-state index in [0.717, 1.165) is 24.8 Å². The van der Waals surface area contributed by atoms with Crippen LogP contribution in [0.4, 0.5) is 0 Å². The standard InChI is InChI=1S/C30H48O7/c1-25(2,34)11-10-24-29(7,37-26(3,4)36-24)23-9-13-30(35)18-14-20(31)19-15-21(32)22(33)16-27(19,5)17(18)8-12-28(23,30)6/h14,17,19,21-24,32-35H,8-13,15-16H2,1-7H3/t17-,19-,21-,22+,23-,24+,27-,28-,29+,30-/m1/s1. The van der Waals surface area contributed by atoms with Gasteiger partial charge in [-0.1, -0.05) is 13.8 Å². The second-order valence-electron chi connectivity index (χ2n) is 14.7. The Kier molecular flexibility index (Phi) is 6.25. The highest BCUT2D eigenvalue weighted by Crippen LogP contribution is 2.69. The summed E-state index contributed by atoms with van der Waals surface area (Å²) in [4.78, 5) is 13.4. The minimum atomic E-state index is -1.15. The number of ether oxygens (including phenoxy) is 2. The van der Waals surface area contributed by atoms with Crippen molar-refractivity contribution in [2.24, 2.45) is 28.6 Å². The van der Waals surface area contributed by atoms with E-state index in [9.17, 15) is 25.2 Å². The third-order valence-corrected chi connectivity index (χ3v) is 11.4. The molecule has 0 aromatic carbocycles. The van der Waals surface area contributed by atoms with Gasteiger partial charge in [0.2, 0.25) is 0 Å². The first-order valence-electron chi connectivity index (χ1n) is 14.3. The van der Waals surface area contributed by atoms with Gasteiger partial charge in [0.05, 0.1) is 35.1 Å². The molecule has 7 heteroatoms. The number of aliphatic hydroxyl groups is 4. The number of hydrogen-bond donors (Lipinski definition) is 4. The fraction of sp³-hybridized carbons (Fsp3) is 0.900. The van der Waals surface area contributed by atoms with E-state index in [2.05, 4.69) is 20.8 Å². The summed E-state index contributed by atoms with van der Waals surface area (Å²) in [6, 6.07) is 0. The molecule has 10 atom stereocenters. The number of aliphatic hydroxyl groups excluding tert-OH is 2. The molecule has 0 amide bonds. The number of rotatable bonds is 4. The summed E-state index contributed by atoms with van der Waals surface area (Å²) in [5.41, 5.74) is -2.79. The van der Waals surface area contributed by atoms with Crippen molar-refractivity contribution >= 4 is 5.78 Å². The molecule has 0 spiro atoms. The topological polar surface area (TPSA) is 116 Å². The van der Waals surface area contributed by atoms with Crippen molar-refractivity contribution in [3.63, 3.8) is 0 Å². The molecule has 5 rings (SSSR count). The van der Waals surface area contributed by atoms with Crippen molar-refractivity contribution < 1.29 is 34.7 Å². The van der Waals surface area contributed by atoms with Gasteiger partial charge in [0.15, 0.2) is 11.6 Å². The maximum Gasteiger partial charge on any atom is 0.164 e. The van der Waals surface area contributed by atoms with Gasteiger partial charge < -0.3 is 29.9 Å². The molecule has 0 radical (unpaired) electrons. The average Bonchev–Trinajstić information content (AvgIpc) is 3.17. The number of ketones is 1. The Hall–Kier alpha value is -0.830. The second kappa shape index (κ2) is 8.34. The highest BCUT2D eigenvalue weighted by molar-refractivity contribution is 5.95. The highest BCUT2D eigenvalue weighted by atomic mass is 16.8. The molecule has 1 aliphatic heterocycles. The van der Waals surface area contributed by atoms with Crippen LogP contribution in [0.2, 0.25) is 0 Å². The first-order valence-corrected chi connectivity index (χ1v) is 14.3. The fourth-order valence-corrected chi connectivity index (χ4v) is 9.49. The number of allylic oxidation sites excluding steroid dienone is 1. The summed E-state index contributed by atoms with van der Waals surface area (Å²) in [7, 11) is 0. The summed E-state index contributed by atoms with van der Waals surface area (Å²) < 4.78 is 13.1. The maximum absolute atomic E-state index is 13.4. The van der Waals surface area contributed by atoms with Crippen molar-refractivity contribution in [2.45, 2.75) is 141 Å². The Labute approximate surface area is 221 Å². The zero-order valence-electron chi connectivity index (χ0n) is 23.7. The number of hydrogen-bond acceptors (Lipinski definition) is 7. The van der Waals surface area contributed by atoms with Gasteiger partial charge in [0.1, 0.15) is 0 Å². The number of fused-ring (bicyclic) bond motifs is 5. The largest absolute Gasteiger partial charge is 0.390 e. The van der Waals surface area contributed by atoms with Gasteiger partial charge >= 0.3 is 0 Å². The van der Waals surface area contributed by atoms with Crippen LogP contribution in [0.1, 0.15) is 99.8 Å². The lowest BCUT2D eigenvalue weighted by atomic mass is 9.45. The van der Waals surface area contributed by atoms with E-state index < -0.39 is 45.6 Å². The monoisotopic (exact) mass is 520 g/mol. The van der Waals surface area contributed by atoms with Crippen molar-refractivity contribution in [3.8, 4) is 0 Å². The van der Waals surface area contributed by atoms with E-state index in [-0.39, 0.29) is 36.1 Å². The van der Waals surface area contributed by atoms with Gasteiger partial charge in [-0.15, -0.1) is 0 Å². The van der Waals surface area contributed by atoms with Crippen LogP contribution in [0.25, 0.3) is 0 Å². The molecule has 210 valence electrons. The lowest BCUT2D eigenvalue weighted by molar-refractivity contribution is -0.191. The molecule has 0 bridgehead atoms. The van der Waals surface area contributed by atoms with Crippen molar-refractivity contribution in [3.05, 3.63) is 11.6 Å². The molecule has 5 aliphatic rings. The summed E-state index contributed by atoms with van der Waals surface area (Å²) in [5, 5.41) is 43.9. The Morgan fingerprint density at radius 2 is 1.70 bits per heavy atom. The minimum absolute atomic E-state index is 0.000157. The predicted molar refractivity (Wildman–Crippen MR) is 138 cm³/mol. The molecule has 1 heterocycles. The fourth-order valence-electron chi connectivity index (χ4n) is 9.49. The van der Waals surface area contributed by atoms with E-state index in [0.29, 0.717) is 25.7 Å². The zero-order valence-corrected chi connectivity index (χ0v) is 23.7. The van der Waals surface area contributed by atoms with E-state index in [1.807, 2.05) is 27.7 Å². The molecule has 4 N–H and O–H groups in total. The molecule has 0 aromatic rings. The minimum Gasteiger partial charge on any atom is -0.390 e. The van der Waals surface area contributed by atoms with E-state index in [4.69, 9.17) is 9.47 Å². The molecule has 4 aliphatic carbocycles. The van der Waals surface area contributed by atoms with Crippen LogP contribution in [0.5, 0.6) is 0 Å². The number of carbonyl (C=O) groups excluding carboxylic acids is 1. The van der Waals surface area contributed by atoms with Gasteiger partial charge in [-0.2, -0.15) is 0 Å². The molecular formula is C30H48O7. The molecule has 4 fully saturated rings. The van der Waals surface area contributed by atoms with Gasteiger partial charge in [0.25, 0.3) is 0 Å². The first kappa shape index (κ1) is 27.7. The summed E-state index contributed by atoms with van der Waals surface area (Å²) in [5.74, 6) is -1.14. The van der Waals surface area contributed by atoms with Crippen molar-refractivity contribution in [1.29, 1.82) is 0 Å². The summed E-state index contributed by atoms with van der Waals surface area (Å²) in [6.07, 6.45) is 4.51. The lowest BCUT2D eigenvalue weighted by Gasteiger charge is -2.60. The zero-order chi connectivity index (χ0) is 27.4. The SMILES string of the molecule is CC(C)(O)CC[C@@H]1OC(C)(C)O[C@@]1(C)[C@@H]1CC[C@@]2(O)C3=CC(=O)[C@H]4C[C@@H](O)[C@@H](O)C[C@]4(C)[C@@H]3CC[C@]12C. The van der Waals surface area contributed by atoms with Crippen molar-refractivity contribution in [1.82, 2.24) is 0 Å². The quantitative estimate of drug-likeness (QED) is 0.447. The van der Waals surface area contributed by atoms with Crippen LogP contribution in [0, 0.1) is 28.6 Å². The van der Waals surface area contributed by atoms with E-state index >= 15 is 0 Å². The van der Waals surface area contributed by atoms with Crippen LogP contribution in [0.15, 0.2) is 11.6 Å². The number of carbonyl (C=O) groups is 1. The molecular weight excluding hydrogens is 472 g/mol. The van der Waals surface area contributed by atoms with Crippen molar-refractivity contribution in [2.75, 3.05) is 0 Å². The molecule has 0 aromatic heterocycles. The van der Waals surface area contributed by atoms with E-state index in [1.165, 1.54) is 0 Å². The third kappa shape index (κ3) is 4.02. The van der Waals surface area contributed by atoms with E-state index in [1.54, 1.807) is 6.08 Å². The Morgan fingerprint density at radius 1 is 1.03 bits per heavy atom. The van der Waals surface area contributed by atoms with Crippen LogP contribution in [-0.4, -0.2) is 67.1 Å².